The molecule has 1 aliphatic carbocycles. The van der Waals surface area contributed by atoms with Crippen LogP contribution in [-0.2, 0) is 0 Å². The summed E-state index contributed by atoms with van der Waals surface area (Å²) in [7, 11) is 1.59. The van der Waals surface area contributed by atoms with Crippen molar-refractivity contribution in [3.8, 4) is 11.5 Å². The summed E-state index contributed by atoms with van der Waals surface area (Å²) in [5, 5.41) is 11.1. The summed E-state index contributed by atoms with van der Waals surface area (Å²) in [4.78, 5) is 4.45. The molecule has 0 bridgehead atoms. The largest absolute Gasteiger partial charge is 0.491 e. The van der Waals surface area contributed by atoms with Crippen LogP contribution in [0.25, 0.3) is 0 Å². The van der Waals surface area contributed by atoms with Gasteiger partial charge in [-0.05, 0) is 41.6 Å². The van der Waals surface area contributed by atoms with Crippen molar-refractivity contribution < 1.29 is 14.6 Å². The Kier molecular flexibility index (Phi) is 6.70. The number of nitrogens with zero attached hydrogens (tertiary/aromatic N) is 1. The van der Waals surface area contributed by atoms with Crippen LogP contribution < -0.4 is 9.47 Å². The van der Waals surface area contributed by atoms with Gasteiger partial charge in [0, 0.05) is 11.6 Å². The van der Waals surface area contributed by atoms with Gasteiger partial charge < -0.3 is 14.6 Å². The predicted molar refractivity (Wildman–Crippen MR) is 99.6 cm³/mol. The smallest absolute Gasteiger partial charge is 0.186 e. The Morgan fingerprint density at radius 3 is 2.79 bits per heavy atom. The molecule has 0 aliphatic heterocycles. The molecule has 4 nitrogen and oxygen atoms in total. The molecule has 134 valence electrons. The van der Waals surface area contributed by atoms with Crippen LogP contribution in [0.2, 0.25) is 0 Å². The molecule has 0 aromatic carbocycles. The summed E-state index contributed by atoms with van der Waals surface area (Å²) in [6.07, 6.45) is 7.01. The SMILES string of the molecule is C=C1CCCCC1(C)C(O)c1ncc(Br)c(OCCCC)c1OC. The molecule has 2 unspecified atom stereocenters. The van der Waals surface area contributed by atoms with Gasteiger partial charge in [0.1, 0.15) is 11.8 Å². The Bertz CT molecular complexity index is 590. The van der Waals surface area contributed by atoms with Gasteiger partial charge in [0.25, 0.3) is 0 Å². The maximum absolute atomic E-state index is 11.1. The molecule has 1 fully saturated rings. The zero-order valence-electron chi connectivity index (χ0n) is 14.9. The van der Waals surface area contributed by atoms with E-state index in [9.17, 15) is 5.11 Å². The van der Waals surface area contributed by atoms with Gasteiger partial charge in [-0.3, -0.25) is 4.98 Å². The maximum atomic E-state index is 11.1. The van der Waals surface area contributed by atoms with Gasteiger partial charge in [0.15, 0.2) is 11.5 Å². The molecule has 1 N–H and O–H groups in total. The van der Waals surface area contributed by atoms with E-state index >= 15 is 0 Å². The Morgan fingerprint density at radius 2 is 2.17 bits per heavy atom. The molecule has 2 atom stereocenters. The molecule has 1 heterocycles. The second kappa shape index (κ2) is 8.34. The summed E-state index contributed by atoms with van der Waals surface area (Å²) in [6.45, 7) is 8.99. The highest BCUT2D eigenvalue weighted by atomic mass is 79.9. The number of ether oxygens (including phenoxy) is 2. The van der Waals surface area contributed by atoms with Gasteiger partial charge in [-0.2, -0.15) is 0 Å². The summed E-state index contributed by atoms with van der Waals surface area (Å²) >= 11 is 3.48. The van der Waals surface area contributed by atoms with Crippen LogP contribution in [0.4, 0.5) is 0 Å². The van der Waals surface area contributed by atoms with Crippen molar-refractivity contribution in [3.63, 3.8) is 0 Å². The van der Waals surface area contributed by atoms with Crippen LogP contribution in [0, 0.1) is 5.41 Å². The van der Waals surface area contributed by atoms with Crippen molar-refractivity contribution in [2.24, 2.45) is 5.41 Å². The van der Waals surface area contributed by atoms with E-state index in [1.807, 2.05) is 0 Å². The highest BCUT2D eigenvalue weighted by molar-refractivity contribution is 9.10. The van der Waals surface area contributed by atoms with Crippen LogP contribution in [0.1, 0.15) is 64.2 Å². The fraction of sp³-hybridized carbons (Fsp3) is 0.632. The fourth-order valence-corrected chi connectivity index (χ4v) is 3.64. The van der Waals surface area contributed by atoms with Crippen molar-refractivity contribution in [1.82, 2.24) is 4.98 Å². The molecule has 1 aromatic heterocycles. The lowest BCUT2D eigenvalue weighted by molar-refractivity contribution is 0.0384. The first-order valence-corrected chi connectivity index (χ1v) is 9.46. The molecule has 2 rings (SSSR count). The Labute approximate surface area is 153 Å². The van der Waals surface area contributed by atoms with Crippen LogP contribution in [0.5, 0.6) is 11.5 Å². The van der Waals surface area contributed by atoms with Crippen molar-refractivity contribution in [2.75, 3.05) is 13.7 Å². The average molecular weight is 398 g/mol. The lowest BCUT2D eigenvalue weighted by Gasteiger charge is -2.40. The van der Waals surface area contributed by atoms with E-state index in [0.717, 1.165) is 48.6 Å². The van der Waals surface area contributed by atoms with E-state index in [1.165, 1.54) is 0 Å². The maximum Gasteiger partial charge on any atom is 0.186 e. The van der Waals surface area contributed by atoms with E-state index in [2.05, 4.69) is 41.3 Å². The second-order valence-electron chi connectivity index (χ2n) is 6.69. The molecule has 1 aromatic rings. The summed E-state index contributed by atoms with van der Waals surface area (Å²) in [5.74, 6) is 1.12. The van der Waals surface area contributed by atoms with Gasteiger partial charge in [-0.25, -0.2) is 0 Å². The zero-order valence-corrected chi connectivity index (χ0v) is 16.5. The molecular formula is C19H28BrNO3. The number of methoxy groups -OCH3 is 1. The van der Waals surface area contributed by atoms with Gasteiger partial charge >= 0.3 is 0 Å². The number of rotatable bonds is 7. The van der Waals surface area contributed by atoms with Gasteiger partial charge in [-0.15, -0.1) is 0 Å². The zero-order chi connectivity index (χ0) is 17.7. The highest BCUT2D eigenvalue weighted by Gasteiger charge is 2.41. The third-order valence-corrected chi connectivity index (χ3v) is 5.58. The van der Waals surface area contributed by atoms with Crippen molar-refractivity contribution in [3.05, 3.63) is 28.5 Å². The van der Waals surface area contributed by atoms with Crippen molar-refractivity contribution >= 4 is 15.9 Å². The number of hydrogen-bond acceptors (Lipinski definition) is 4. The van der Waals surface area contributed by atoms with E-state index in [-0.39, 0.29) is 5.41 Å². The molecule has 24 heavy (non-hydrogen) atoms. The fourth-order valence-electron chi connectivity index (χ4n) is 3.24. The number of pyridine rings is 1. The van der Waals surface area contributed by atoms with E-state index < -0.39 is 6.10 Å². The first kappa shape index (κ1) is 19.3. The number of hydrogen-bond donors (Lipinski definition) is 1. The molecular weight excluding hydrogens is 370 g/mol. The molecule has 1 saturated carbocycles. The topological polar surface area (TPSA) is 51.6 Å². The van der Waals surface area contributed by atoms with Gasteiger partial charge in [0.05, 0.1) is 18.2 Å². The number of aliphatic hydroxyl groups is 1. The average Bonchev–Trinajstić information content (AvgIpc) is 2.58. The van der Waals surface area contributed by atoms with Gasteiger partial charge in [-0.1, -0.05) is 38.8 Å². The molecule has 0 radical (unpaired) electrons. The lowest BCUT2D eigenvalue weighted by Crippen LogP contribution is -2.31. The standard InChI is InChI=1S/C19H28BrNO3/c1-5-6-11-24-16-14(20)12-21-15(17(16)23-4)18(22)19(3)10-8-7-9-13(19)2/h12,18,22H,2,5-11H2,1,3-4H3. The van der Waals surface area contributed by atoms with E-state index in [4.69, 9.17) is 9.47 Å². The molecule has 0 spiro atoms. The third-order valence-electron chi connectivity index (χ3n) is 5.02. The molecule has 5 heteroatoms. The van der Waals surface area contributed by atoms with Crippen LogP contribution in [-0.4, -0.2) is 23.8 Å². The predicted octanol–water partition coefficient (Wildman–Crippen LogP) is 5.20. The van der Waals surface area contributed by atoms with Crippen LogP contribution in [0.15, 0.2) is 22.8 Å². The monoisotopic (exact) mass is 397 g/mol. The molecule has 1 aliphatic rings. The summed E-state index contributed by atoms with van der Waals surface area (Å²) < 4.78 is 12.2. The minimum absolute atomic E-state index is 0.382. The number of halogens is 1. The van der Waals surface area contributed by atoms with E-state index in [1.54, 1.807) is 13.3 Å². The summed E-state index contributed by atoms with van der Waals surface area (Å²) in [5.41, 5.74) is 1.23. The minimum Gasteiger partial charge on any atom is -0.491 e. The Balaban J connectivity index is 2.38. The van der Waals surface area contributed by atoms with Gasteiger partial charge in [0.2, 0.25) is 0 Å². The third kappa shape index (κ3) is 3.77. The first-order valence-electron chi connectivity index (χ1n) is 8.67. The number of aromatic nitrogens is 1. The van der Waals surface area contributed by atoms with Crippen LogP contribution >= 0.6 is 15.9 Å². The minimum atomic E-state index is -0.762. The Hall–Kier alpha value is -1.07. The molecule has 0 saturated heterocycles. The molecule has 0 amide bonds. The summed E-state index contributed by atoms with van der Waals surface area (Å²) in [6, 6.07) is 0. The number of unbranched alkanes of at least 4 members (excludes halogenated alkanes) is 1. The van der Waals surface area contributed by atoms with Crippen molar-refractivity contribution in [2.45, 2.75) is 58.5 Å². The lowest BCUT2D eigenvalue weighted by atomic mass is 9.68. The first-order chi connectivity index (χ1) is 11.5. The van der Waals surface area contributed by atoms with Crippen molar-refractivity contribution in [1.29, 1.82) is 0 Å². The number of aliphatic hydroxyl groups excluding tert-OH is 1. The quantitative estimate of drug-likeness (QED) is 0.507. The van der Waals surface area contributed by atoms with Crippen LogP contribution in [0.3, 0.4) is 0 Å². The van der Waals surface area contributed by atoms with E-state index in [0.29, 0.717) is 23.8 Å². The Morgan fingerprint density at radius 1 is 1.42 bits per heavy atom. The highest BCUT2D eigenvalue weighted by Crippen LogP contribution is 2.51. The second-order valence-corrected chi connectivity index (χ2v) is 7.54. The normalized spacial score (nSPS) is 22.3.